The summed E-state index contributed by atoms with van der Waals surface area (Å²) in [5.41, 5.74) is 1.08. The molecule has 28 heavy (non-hydrogen) atoms. The molecule has 0 spiro atoms. The zero-order valence-electron chi connectivity index (χ0n) is 17.0. The second kappa shape index (κ2) is 12.2. The monoisotopic (exact) mass is 564 g/mol. The van der Waals surface area contributed by atoms with Gasteiger partial charge in [0.25, 0.3) is 0 Å². The van der Waals surface area contributed by atoms with Crippen molar-refractivity contribution in [2.45, 2.75) is 64.1 Å². The number of halogens is 2. The highest BCUT2D eigenvalue weighted by Gasteiger charge is 2.27. The van der Waals surface area contributed by atoms with E-state index < -0.39 is 0 Å². The Morgan fingerprint density at radius 3 is 2.57 bits per heavy atom. The fourth-order valence-corrected chi connectivity index (χ4v) is 4.64. The van der Waals surface area contributed by atoms with Crippen LogP contribution in [0.3, 0.4) is 0 Å². The smallest absolute Gasteiger partial charge is 0.191 e. The van der Waals surface area contributed by atoms with Crippen LogP contribution in [0.15, 0.2) is 27.7 Å². The number of piperidine rings is 1. The fourth-order valence-electron chi connectivity index (χ4n) is 4.23. The van der Waals surface area contributed by atoms with E-state index in [4.69, 9.17) is 9.73 Å². The highest BCUT2D eigenvalue weighted by atomic mass is 127. The van der Waals surface area contributed by atoms with Gasteiger partial charge in [0.15, 0.2) is 5.96 Å². The van der Waals surface area contributed by atoms with Gasteiger partial charge < -0.3 is 20.3 Å². The molecular weight excluding hydrogens is 531 g/mol. The number of nitrogens with zero attached hydrogens (tertiary/aromatic N) is 2. The predicted molar refractivity (Wildman–Crippen MR) is 131 cm³/mol. The molecule has 7 heteroatoms. The number of guanidine groups is 1. The maximum absolute atomic E-state index is 5.47. The summed E-state index contributed by atoms with van der Waals surface area (Å²) in [4.78, 5) is 7.51. The second-order valence-corrected chi connectivity index (χ2v) is 8.46. The average molecular weight is 565 g/mol. The quantitative estimate of drug-likeness (QED) is 0.303. The number of benzene rings is 1. The Bertz CT molecular complexity index is 629. The van der Waals surface area contributed by atoms with Gasteiger partial charge in [0.2, 0.25) is 0 Å². The van der Waals surface area contributed by atoms with Gasteiger partial charge >= 0.3 is 0 Å². The molecule has 5 nitrogen and oxygen atoms in total. The minimum atomic E-state index is 0. The molecule has 0 amide bonds. The van der Waals surface area contributed by atoms with Crippen LogP contribution in [0.4, 0.5) is 0 Å². The predicted octanol–water partition coefficient (Wildman–Crippen LogP) is 4.54. The molecule has 2 N–H and O–H groups in total. The molecular formula is C21H34BrIN4O. The van der Waals surface area contributed by atoms with Crippen molar-refractivity contribution in [2.75, 3.05) is 26.7 Å². The van der Waals surface area contributed by atoms with Crippen molar-refractivity contribution < 1.29 is 4.74 Å². The van der Waals surface area contributed by atoms with Crippen LogP contribution in [-0.4, -0.2) is 49.7 Å². The summed E-state index contributed by atoms with van der Waals surface area (Å²) in [5, 5.41) is 7.04. The number of aliphatic imine (C=N–C) groups is 1. The molecule has 1 aromatic rings. The van der Waals surface area contributed by atoms with Crippen molar-refractivity contribution in [2.24, 2.45) is 4.99 Å². The van der Waals surface area contributed by atoms with Crippen molar-refractivity contribution in [3.8, 4) is 5.75 Å². The van der Waals surface area contributed by atoms with Crippen molar-refractivity contribution in [3.05, 3.63) is 28.2 Å². The minimum Gasteiger partial charge on any atom is -0.496 e. The van der Waals surface area contributed by atoms with Gasteiger partial charge in [-0.15, -0.1) is 24.0 Å². The second-order valence-electron chi connectivity index (χ2n) is 7.54. The van der Waals surface area contributed by atoms with Gasteiger partial charge in [-0.3, -0.25) is 0 Å². The van der Waals surface area contributed by atoms with Crippen LogP contribution in [0.1, 0.15) is 51.0 Å². The maximum Gasteiger partial charge on any atom is 0.191 e. The van der Waals surface area contributed by atoms with Gasteiger partial charge in [-0.2, -0.15) is 0 Å². The molecule has 0 aromatic heterocycles. The lowest BCUT2D eigenvalue weighted by atomic mass is 10.0. The first-order chi connectivity index (χ1) is 13.2. The lowest BCUT2D eigenvalue weighted by molar-refractivity contribution is 0.150. The van der Waals surface area contributed by atoms with Gasteiger partial charge in [0, 0.05) is 41.8 Å². The van der Waals surface area contributed by atoms with Gasteiger partial charge in [-0.25, -0.2) is 4.99 Å². The summed E-state index contributed by atoms with van der Waals surface area (Å²) >= 11 is 3.54. The van der Waals surface area contributed by atoms with Gasteiger partial charge in [0.1, 0.15) is 5.75 Å². The Hall–Kier alpha value is -0.540. The van der Waals surface area contributed by atoms with Crippen LogP contribution in [0.5, 0.6) is 5.75 Å². The third-order valence-corrected chi connectivity index (χ3v) is 6.20. The molecule has 158 valence electrons. The van der Waals surface area contributed by atoms with Crippen LogP contribution >= 0.6 is 39.9 Å². The van der Waals surface area contributed by atoms with E-state index in [0.29, 0.717) is 12.6 Å². The normalized spacial score (nSPS) is 19.3. The molecule has 1 aliphatic heterocycles. The summed E-state index contributed by atoms with van der Waals surface area (Å²) in [7, 11) is 1.71. The molecule has 0 unspecified atom stereocenters. The lowest BCUT2D eigenvalue weighted by Crippen LogP contribution is -2.50. The first kappa shape index (κ1) is 23.7. The highest BCUT2D eigenvalue weighted by Crippen LogP contribution is 2.26. The molecule has 1 saturated heterocycles. The number of ether oxygens (including phenoxy) is 1. The number of likely N-dealkylation sites (tertiary alicyclic amines) is 1. The summed E-state index contributed by atoms with van der Waals surface area (Å²) in [6, 6.07) is 7.40. The minimum absolute atomic E-state index is 0. The standard InChI is InChI=1S/C21H33BrN4O.HI/c1-3-23-21(24-15-16-14-17(22)8-9-20(16)27-2)25-18-10-12-26(13-11-18)19-6-4-5-7-19;/h8-9,14,18-19H,3-7,10-13,15H2,1-2H3,(H2,23,24,25);1H. The molecule has 0 bridgehead atoms. The fraction of sp³-hybridized carbons (Fsp3) is 0.667. The number of nitrogens with one attached hydrogen (secondary N) is 2. The molecule has 0 radical (unpaired) electrons. The van der Waals surface area contributed by atoms with Gasteiger partial charge in [0.05, 0.1) is 13.7 Å². The van der Waals surface area contributed by atoms with E-state index in [1.165, 1.54) is 51.6 Å². The lowest BCUT2D eigenvalue weighted by Gasteiger charge is -2.36. The van der Waals surface area contributed by atoms with E-state index >= 15 is 0 Å². The molecule has 1 aliphatic carbocycles. The molecule has 3 rings (SSSR count). The van der Waals surface area contributed by atoms with Crippen molar-refractivity contribution in [1.29, 1.82) is 0 Å². The van der Waals surface area contributed by atoms with Crippen molar-refractivity contribution >= 4 is 45.9 Å². The van der Waals surface area contributed by atoms with Crippen molar-refractivity contribution in [3.63, 3.8) is 0 Å². The van der Waals surface area contributed by atoms with Crippen LogP contribution in [0.25, 0.3) is 0 Å². The van der Waals surface area contributed by atoms with Gasteiger partial charge in [-0.1, -0.05) is 28.8 Å². The van der Waals surface area contributed by atoms with E-state index in [1.807, 2.05) is 12.1 Å². The van der Waals surface area contributed by atoms with E-state index in [2.05, 4.69) is 44.5 Å². The Kier molecular flexibility index (Phi) is 10.4. The van der Waals surface area contributed by atoms with Crippen LogP contribution in [-0.2, 0) is 6.54 Å². The van der Waals surface area contributed by atoms with Crippen LogP contribution in [0, 0.1) is 0 Å². The van der Waals surface area contributed by atoms with Crippen molar-refractivity contribution in [1.82, 2.24) is 15.5 Å². The Labute approximate surface area is 195 Å². The Morgan fingerprint density at radius 1 is 1.21 bits per heavy atom. The molecule has 1 saturated carbocycles. The maximum atomic E-state index is 5.47. The third-order valence-electron chi connectivity index (χ3n) is 5.71. The molecule has 0 atom stereocenters. The summed E-state index contributed by atoms with van der Waals surface area (Å²) in [6.45, 7) is 5.99. The molecule has 1 heterocycles. The highest BCUT2D eigenvalue weighted by molar-refractivity contribution is 14.0. The van der Waals surface area contributed by atoms with E-state index in [1.54, 1.807) is 7.11 Å². The molecule has 2 fully saturated rings. The van der Waals surface area contributed by atoms with Crippen LogP contribution < -0.4 is 15.4 Å². The van der Waals surface area contributed by atoms with E-state index in [-0.39, 0.29) is 24.0 Å². The third kappa shape index (κ3) is 6.76. The largest absolute Gasteiger partial charge is 0.496 e. The average Bonchev–Trinajstić information content (AvgIpc) is 3.22. The van der Waals surface area contributed by atoms with Crippen LogP contribution in [0.2, 0.25) is 0 Å². The topological polar surface area (TPSA) is 48.9 Å². The van der Waals surface area contributed by atoms with E-state index in [0.717, 1.165) is 34.3 Å². The number of hydrogen-bond donors (Lipinski definition) is 2. The van der Waals surface area contributed by atoms with E-state index in [9.17, 15) is 0 Å². The zero-order valence-corrected chi connectivity index (χ0v) is 21.0. The number of hydrogen-bond acceptors (Lipinski definition) is 3. The zero-order chi connectivity index (χ0) is 19.1. The Morgan fingerprint density at radius 2 is 1.93 bits per heavy atom. The number of rotatable bonds is 6. The summed E-state index contributed by atoms with van der Waals surface area (Å²) < 4.78 is 6.51. The Balaban J connectivity index is 0.00000280. The molecule has 2 aliphatic rings. The first-order valence-electron chi connectivity index (χ1n) is 10.3. The van der Waals surface area contributed by atoms with Gasteiger partial charge in [-0.05, 0) is 50.8 Å². The molecule has 1 aromatic carbocycles. The SMILES string of the molecule is CCNC(=NCc1cc(Br)ccc1OC)NC1CCN(C2CCCC2)CC1.I. The first-order valence-corrected chi connectivity index (χ1v) is 11.1. The number of methoxy groups -OCH3 is 1. The summed E-state index contributed by atoms with van der Waals surface area (Å²) in [6.07, 6.45) is 8.02. The summed E-state index contributed by atoms with van der Waals surface area (Å²) in [5.74, 6) is 1.78.